The van der Waals surface area contributed by atoms with Crippen LogP contribution in [-0.2, 0) is 4.79 Å². The van der Waals surface area contributed by atoms with Gasteiger partial charge in [-0.15, -0.1) is 0 Å². The van der Waals surface area contributed by atoms with Gasteiger partial charge >= 0.3 is 0 Å². The summed E-state index contributed by atoms with van der Waals surface area (Å²) in [6, 6.07) is 5.36. The molecule has 1 aromatic carbocycles. The van der Waals surface area contributed by atoms with Crippen LogP contribution in [-0.4, -0.2) is 22.9 Å². The number of H-pyrrole nitrogens is 2. The Bertz CT molecular complexity index is 747. The summed E-state index contributed by atoms with van der Waals surface area (Å²) in [6.45, 7) is 1.94. The second kappa shape index (κ2) is 5.01. The number of aryl methyl sites for hydroxylation is 1. The third kappa shape index (κ3) is 2.37. The Morgan fingerprint density at radius 3 is 2.76 bits per heavy atom. The van der Waals surface area contributed by atoms with Crippen LogP contribution >= 0.6 is 0 Å². The quantitative estimate of drug-likeness (QED) is 0.771. The molecular formula is C14H15N3O4. The fourth-order valence-electron chi connectivity index (χ4n) is 2.59. The minimum absolute atomic E-state index is 0.0431. The van der Waals surface area contributed by atoms with Gasteiger partial charge in [0.1, 0.15) is 0 Å². The van der Waals surface area contributed by atoms with Crippen LogP contribution in [0.4, 0.5) is 0 Å². The Morgan fingerprint density at radius 1 is 1.33 bits per heavy atom. The summed E-state index contributed by atoms with van der Waals surface area (Å²) in [4.78, 5) is 23.4. The third-order valence-corrected chi connectivity index (χ3v) is 3.56. The molecule has 1 aliphatic rings. The summed E-state index contributed by atoms with van der Waals surface area (Å²) in [5.41, 5.74) is 7.05. The van der Waals surface area contributed by atoms with E-state index < -0.39 is 11.8 Å². The number of amides is 1. The Kier molecular flexibility index (Phi) is 3.17. The van der Waals surface area contributed by atoms with Crippen molar-refractivity contribution in [1.29, 1.82) is 0 Å². The summed E-state index contributed by atoms with van der Waals surface area (Å²) in [7, 11) is 0. The Morgan fingerprint density at radius 2 is 2.10 bits per heavy atom. The lowest BCUT2D eigenvalue weighted by atomic mass is 9.88. The average Bonchev–Trinajstić information content (AvgIpc) is 3.02. The molecular weight excluding hydrogens is 274 g/mol. The van der Waals surface area contributed by atoms with Gasteiger partial charge in [-0.1, -0.05) is 6.07 Å². The van der Waals surface area contributed by atoms with Crippen molar-refractivity contribution in [3.63, 3.8) is 0 Å². The molecule has 1 aromatic heterocycles. The van der Waals surface area contributed by atoms with Crippen LogP contribution in [0.1, 0.15) is 29.2 Å². The van der Waals surface area contributed by atoms with Gasteiger partial charge in [0.25, 0.3) is 5.56 Å². The molecule has 0 radical (unpaired) electrons. The van der Waals surface area contributed by atoms with E-state index in [2.05, 4.69) is 10.2 Å². The van der Waals surface area contributed by atoms with Gasteiger partial charge in [-0.25, -0.2) is 0 Å². The molecule has 0 fully saturated rings. The number of primary amides is 1. The fourth-order valence-corrected chi connectivity index (χ4v) is 2.59. The molecule has 2 heterocycles. The highest BCUT2D eigenvalue weighted by atomic mass is 16.7. The zero-order chi connectivity index (χ0) is 15.0. The van der Waals surface area contributed by atoms with E-state index in [1.807, 2.05) is 6.07 Å². The Balaban J connectivity index is 2.08. The predicted octanol–water partition coefficient (Wildman–Crippen LogP) is 0.747. The number of rotatable bonds is 4. The van der Waals surface area contributed by atoms with Crippen LogP contribution in [0.15, 0.2) is 23.0 Å². The highest BCUT2D eigenvalue weighted by Crippen LogP contribution is 2.37. The summed E-state index contributed by atoms with van der Waals surface area (Å²) < 4.78 is 10.6. The van der Waals surface area contributed by atoms with E-state index in [4.69, 9.17) is 15.2 Å². The van der Waals surface area contributed by atoms with E-state index >= 15 is 0 Å². The lowest BCUT2D eigenvalue weighted by Gasteiger charge is -2.15. The maximum absolute atomic E-state index is 12.0. The number of carbonyl (C=O) groups excluding carboxylic acids is 1. The maximum atomic E-state index is 12.0. The van der Waals surface area contributed by atoms with Gasteiger partial charge in [-0.3, -0.25) is 14.7 Å². The van der Waals surface area contributed by atoms with Crippen LogP contribution in [0.2, 0.25) is 0 Å². The Labute approximate surface area is 120 Å². The van der Waals surface area contributed by atoms with Crippen LogP contribution in [0.25, 0.3) is 0 Å². The molecule has 1 aliphatic heterocycles. The van der Waals surface area contributed by atoms with Crippen molar-refractivity contribution in [1.82, 2.24) is 10.2 Å². The molecule has 2 aromatic rings. The van der Waals surface area contributed by atoms with Crippen molar-refractivity contribution in [2.75, 3.05) is 6.79 Å². The molecule has 7 nitrogen and oxygen atoms in total. The molecule has 0 spiro atoms. The first kappa shape index (κ1) is 13.3. The van der Waals surface area contributed by atoms with E-state index in [-0.39, 0.29) is 18.8 Å². The van der Waals surface area contributed by atoms with Crippen molar-refractivity contribution < 1.29 is 14.3 Å². The molecule has 1 unspecified atom stereocenters. The van der Waals surface area contributed by atoms with Gasteiger partial charge in [0.05, 0.1) is 0 Å². The highest BCUT2D eigenvalue weighted by Gasteiger charge is 2.25. The number of aromatic amines is 2. The number of hydrogen-bond donors (Lipinski definition) is 3. The molecule has 110 valence electrons. The van der Waals surface area contributed by atoms with Gasteiger partial charge in [-0.2, -0.15) is 0 Å². The second-order valence-electron chi connectivity index (χ2n) is 4.95. The lowest BCUT2D eigenvalue weighted by molar-refractivity contribution is -0.118. The molecule has 4 N–H and O–H groups in total. The number of nitrogens with two attached hydrogens (primary N) is 1. The minimum Gasteiger partial charge on any atom is -0.454 e. The van der Waals surface area contributed by atoms with Gasteiger partial charge in [0, 0.05) is 23.6 Å². The van der Waals surface area contributed by atoms with E-state index in [0.717, 1.165) is 5.56 Å². The zero-order valence-electron chi connectivity index (χ0n) is 11.4. The topological polar surface area (TPSA) is 110 Å². The SMILES string of the molecule is Cc1[nH][nH]c(=O)c1C(CC(N)=O)c1ccc2c(c1)OCO2. The van der Waals surface area contributed by atoms with E-state index in [1.165, 1.54) is 0 Å². The van der Waals surface area contributed by atoms with Crippen molar-refractivity contribution in [3.05, 3.63) is 45.4 Å². The standard InChI is InChI=1S/C14H15N3O4/c1-7-13(14(19)17-16-7)9(5-12(15)18)8-2-3-10-11(4-8)21-6-20-10/h2-4,9H,5-6H2,1H3,(H2,15,18)(H2,16,17,19). The molecule has 7 heteroatoms. The number of benzene rings is 1. The van der Waals surface area contributed by atoms with Crippen molar-refractivity contribution >= 4 is 5.91 Å². The number of nitrogens with one attached hydrogen (secondary N) is 2. The molecule has 1 atom stereocenters. The van der Waals surface area contributed by atoms with Crippen molar-refractivity contribution in [2.24, 2.45) is 5.73 Å². The average molecular weight is 289 g/mol. The first-order valence-electron chi connectivity index (χ1n) is 6.51. The summed E-state index contributed by atoms with van der Waals surface area (Å²) in [5, 5.41) is 5.29. The van der Waals surface area contributed by atoms with Crippen LogP contribution in [0.3, 0.4) is 0 Å². The maximum Gasteiger partial charge on any atom is 0.267 e. The number of aromatic nitrogens is 2. The van der Waals surface area contributed by atoms with Crippen LogP contribution in [0.5, 0.6) is 11.5 Å². The first-order valence-corrected chi connectivity index (χ1v) is 6.51. The van der Waals surface area contributed by atoms with E-state index in [0.29, 0.717) is 22.8 Å². The summed E-state index contributed by atoms with van der Waals surface area (Å²) in [6.07, 6.45) is 0.0431. The normalized spacial score (nSPS) is 14.1. The minimum atomic E-state index is -0.474. The zero-order valence-corrected chi connectivity index (χ0v) is 11.4. The number of ether oxygens (including phenoxy) is 2. The smallest absolute Gasteiger partial charge is 0.267 e. The summed E-state index contributed by atoms with van der Waals surface area (Å²) in [5.74, 6) is 0.354. The molecule has 0 saturated heterocycles. The lowest BCUT2D eigenvalue weighted by Crippen LogP contribution is -2.20. The monoisotopic (exact) mass is 289 g/mol. The van der Waals surface area contributed by atoms with Gasteiger partial charge in [0.15, 0.2) is 11.5 Å². The Hall–Kier alpha value is -2.70. The molecule has 0 bridgehead atoms. The second-order valence-corrected chi connectivity index (χ2v) is 4.95. The number of hydrogen-bond acceptors (Lipinski definition) is 4. The molecule has 3 rings (SSSR count). The van der Waals surface area contributed by atoms with Gasteiger partial charge in [-0.05, 0) is 24.6 Å². The predicted molar refractivity (Wildman–Crippen MR) is 74.4 cm³/mol. The van der Waals surface area contributed by atoms with Crippen molar-refractivity contribution in [2.45, 2.75) is 19.3 Å². The summed E-state index contributed by atoms with van der Waals surface area (Å²) >= 11 is 0. The fraction of sp³-hybridized carbons (Fsp3) is 0.286. The third-order valence-electron chi connectivity index (χ3n) is 3.56. The van der Waals surface area contributed by atoms with Crippen LogP contribution < -0.4 is 20.8 Å². The largest absolute Gasteiger partial charge is 0.454 e. The van der Waals surface area contributed by atoms with E-state index in [1.54, 1.807) is 19.1 Å². The number of carbonyl (C=O) groups is 1. The van der Waals surface area contributed by atoms with Gasteiger partial charge < -0.3 is 20.3 Å². The van der Waals surface area contributed by atoms with Crippen LogP contribution in [0, 0.1) is 6.92 Å². The molecule has 0 aliphatic carbocycles. The highest BCUT2D eigenvalue weighted by molar-refractivity contribution is 5.75. The molecule has 21 heavy (non-hydrogen) atoms. The molecule has 0 saturated carbocycles. The molecule has 1 amide bonds. The van der Waals surface area contributed by atoms with Crippen molar-refractivity contribution in [3.8, 4) is 11.5 Å². The first-order chi connectivity index (χ1) is 10.1. The number of fused-ring (bicyclic) bond motifs is 1. The van der Waals surface area contributed by atoms with Gasteiger partial charge in [0.2, 0.25) is 12.7 Å². The van der Waals surface area contributed by atoms with E-state index in [9.17, 15) is 9.59 Å².